The smallest absolute Gasteiger partial charge is 0.301 e. The molecule has 6 nitrogen and oxygen atoms in total. The second kappa shape index (κ2) is 5.62. The Kier molecular flexibility index (Phi) is 4.29. The third-order valence-corrected chi connectivity index (χ3v) is 4.38. The van der Waals surface area contributed by atoms with E-state index in [9.17, 15) is 8.42 Å². The number of hydrogen-bond acceptors (Lipinski definition) is 4. The number of ether oxygens (including phenoxy) is 1. The van der Waals surface area contributed by atoms with Crippen LogP contribution in [-0.4, -0.2) is 43.0 Å². The van der Waals surface area contributed by atoms with Crippen molar-refractivity contribution in [2.45, 2.75) is 26.1 Å². The first-order valence-electron chi connectivity index (χ1n) is 5.92. The summed E-state index contributed by atoms with van der Waals surface area (Å²) in [6.07, 6.45) is 1.20. The molecule has 2 heterocycles. The Labute approximate surface area is 117 Å². The van der Waals surface area contributed by atoms with Crippen molar-refractivity contribution < 1.29 is 13.2 Å². The molecule has 19 heavy (non-hydrogen) atoms. The van der Waals surface area contributed by atoms with Gasteiger partial charge in [0.2, 0.25) is 0 Å². The zero-order chi connectivity index (χ0) is 14.0. The lowest BCUT2D eigenvalue weighted by molar-refractivity contribution is -0.0439. The molecule has 1 N–H and O–H groups in total. The standard InChI is InChI=1S/C11H16ClN3O3S/c1-8-6-15(7-9(2)18-8)19(16,17)14-10-3-4-13-11(12)5-10/h3-5,8-9H,6-7H2,1-2H3,(H,13,14). The zero-order valence-corrected chi connectivity index (χ0v) is 12.3. The maximum atomic E-state index is 12.3. The van der Waals surface area contributed by atoms with Crippen molar-refractivity contribution in [3.63, 3.8) is 0 Å². The van der Waals surface area contributed by atoms with Gasteiger partial charge in [-0.15, -0.1) is 0 Å². The highest BCUT2D eigenvalue weighted by atomic mass is 35.5. The molecule has 1 aromatic heterocycles. The van der Waals surface area contributed by atoms with Crippen LogP contribution in [0, 0.1) is 0 Å². The van der Waals surface area contributed by atoms with Gasteiger partial charge in [-0.3, -0.25) is 4.72 Å². The number of nitrogens with zero attached hydrogens (tertiary/aromatic N) is 2. The predicted octanol–water partition coefficient (Wildman–Crippen LogP) is 1.50. The fraction of sp³-hybridized carbons (Fsp3) is 0.545. The van der Waals surface area contributed by atoms with Crippen LogP contribution >= 0.6 is 11.6 Å². The third-order valence-electron chi connectivity index (χ3n) is 2.70. The number of morpholine rings is 1. The van der Waals surface area contributed by atoms with Crippen LogP contribution in [0.15, 0.2) is 18.3 Å². The second-order valence-corrected chi connectivity index (χ2v) is 6.61. The topological polar surface area (TPSA) is 71.5 Å². The summed E-state index contributed by atoms with van der Waals surface area (Å²) in [5.74, 6) is 0. The molecule has 106 valence electrons. The Morgan fingerprint density at radius 3 is 2.63 bits per heavy atom. The molecule has 1 aromatic rings. The maximum absolute atomic E-state index is 12.3. The molecule has 2 atom stereocenters. The largest absolute Gasteiger partial charge is 0.373 e. The molecule has 0 radical (unpaired) electrons. The molecule has 0 aliphatic carbocycles. The van der Waals surface area contributed by atoms with E-state index >= 15 is 0 Å². The molecule has 1 saturated heterocycles. The van der Waals surface area contributed by atoms with Gasteiger partial charge in [-0.2, -0.15) is 12.7 Å². The van der Waals surface area contributed by atoms with Crippen LogP contribution in [0.3, 0.4) is 0 Å². The van der Waals surface area contributed by atoms with E-state index in [4.69, 9.17) is 16.3 Å². The van der Waals surface area contributed by atoms with E-state index in [0.29, 0.717) is 18.8 Å². The predicted molar refractivity (Wildman–Crippen MR) is 73.4 cm³/mol. The summed E-state index contributed by atoms with van der Waals surface area (Å²) >= 11 is 5.73. The van der Waals surface area contributed by atoms with Gasteiger partial charge in [0, 0.05) is 19.3 Å². The molecule has 0 aromatic carbocycles. The minimum absolute atomic E-state index is 0.124. The Hall–Kier alpha value is -0.890. The van der Waals surface area contributed by atoms with Crippen molar-refractivity contribution in [1.82, 2.24) is 9.29 Å². The first-order valence-corrected chi connectivity index (χ1v) is 7.73. The first kappa shape index (κ1) is 14.5. The summed E-state index contributed by atoms with van der Waals surface area (Å²) in [6, 6.07) is 3.02. The summed E-state index contributed by atoms with van der Waals surface area (Å²) in [6.45, 7) is 4.36. The summed E-state index contributed by atoms with van der Waals surface area (Å²) in [7, 11) is -3.60. The molecule has 0 bridgehead atoms. The van der Waals surface area contributed by atoms with E-state index in [2.05, 4.69) is 9.71 Å². The summed E-state index contributed by atoms with van der Waals surface area (Å²) in [5, 5.41) is 0.240. The van der Waals surface area contributed by atoms with E-state index in [1.165, 1.54) is 16.6 Å². The Morgan fingerprint density at radius 1 is 1.42 bits per heavy atom. The second-order valence-electron chi connectivity index (χ2n) is 4.55. The zero-order valence-electron chi connectivity index (χ0n) is 10.7. The molecule has 2 unspecified atom stereocenters. The molecule has 0 amide bonds. The monoisotopic (exact) mass is 305 g/mol. The van der Waals surface area contributed by atoms with Gasteiger partial charge in [0.15, 0.2) is 0 Å². The van der Waals surface area contributed by atoms with Crippen molar-refractivity contribution in [1.29, 1.82) is 0 Å². The highest BCUT2D eigenvalue weighted by Crippen LogP contribution is 2.18. The normalized spacial score (nSPS) is 25.2. The van der Waals surface area contributed by atoms with Crippen LogP contribution in [0.4, 0.5) is 5.69 Å². The van der Waals surface area contributed by atoms with Crippen molar-refractivity contribution in [2.75, 3.05) is 17.8 Å². The van der Waals surface area contributed by atoms with Crippen molar-refractivity contribution in [3.8, 4) is 0 Å². The Bertz CT molecular complexity index is 542. The number of nitrogens with one attached hydrogen (secondary N) is 1. The summed E-state index contributed by atoms with van der Waals surface area (Å²) in [5.41, 5.74) is 0.395. The molecule has 1 aliphatic heterocycles. The fourth-order valence-corrected chi connectivity index (χ4v) is 3.55. The molecule has 2 rings (SSSR count). The summed E-state index contributed by atoms with van der Waals surface area (Å²) in [4.78, 5) is 3.80. The van der Waals surface area contributed by atoms with Gasteiger partial charge in [-0.25, -0.2) is 4.98 Å². The maximum Gasteiger partial charge on any atom is 0.301 e. The average molecular weight is 306 g/mol. The molecule has 0 saturated carbocycles. The van der Waals surface area contributed by atoms with Gasteiger partial charge in [0.05, 0.1) is 17.9 Å². The van der Waals surface area contributed by atoms with Gasteiger partial charge in [-0.05, 0) is 26.0 Å². The highest BCUT2D eigenvalue weighted by Gasteiger charge is 2.30. The van der Waals surface area contributed by atoms with Crippen LogP contribution < -0.4 is 4.72 Å². The number of rotatable bonds is 3. The fourth-order valence-electron chi connectivity index (χ4n) is 2.01. The molecule has 1 fully saturated rings. The van der Waals surface area contributed by atoms with Crippen LogP contribution in [0.25, 0.3) is 0 Å². The minimum Gasteiger partial charge on any atom is -0.373 e. The number of aromatic nitrogens is 1. The molecular weight excluding hydrogens is 290 g/mol. The summed E-state index contributed by atoms with van der Waals surface area (Å²) < 4.78 is 33.9. The van der Waals surface area contributed by atoms with E-state index in [-0.39, 0.29) is 17.4 Å². The lowest BCUT2D eigenvalue weighted by Crippen LogP contribution is -2.49. The molecular formula is C11H16ClN3O3S. The van der Waals surface area contributed by atoms with Crippen molar-refractivity contribution in [2.24, 2.45) is 0 Å². The Balaban J connectivity index is 2.14. The lowest BCUT2D eigenvalue weighted by atomic mass is 10.3. The lowest BCUT2D eigenvalue weighted by Gasteiger charge is -2.34. The van der Waals surface area contributed by atoms with E-state index in [0.717, 1.165) is 0 Å². The third kappa shape index (κ3) is 3.79. The van der Waals surface area contributed by atoms with Gasteiger partial charge >= 0.3 is 10.2 Å². The first-order chi connectivity index (χ1) is 8.87. The minimum atomic E-state index is -3.60. The van der Waals surface area contributed by atoms with Crippen LogP contribution in [0.1, 0.15) is 13.8 Å². The number of halogens is 1. The van der Waals surface area contributed by atoms with Crippen LogP contribution in [0.2, 0.25) is 5.15 Å². The van der Waals surface area contributed by atoms with Crippen LogP contribution in [-0.2, 0) is 14.9 Å². The van der Waals surface area contributed by atoms with E-state index in [1.54, 1.807) is 6.07 Å². The number of anilines is 1. The Morgan fingerprint density at radius 2 is 2.05 bits per heavy atom. The van der Waals surface area contributed by atoms with E-state index in [1.807, 2.05) is 13.8 Å². The number of hydrogen-bond donors (Lipinski definition) is 1. The van der Waals surface area contributed by atoms with Crippen LogP contribution in [0.5, 0.6) is 0 Å². The van der Waals surface area contributed by atoms with Crippen molar-refractivity contribution in [3.05, 3.63) is 23.5 Å². The van der Waals surface area contributed by atoms with E-state index < -0.39 is 10.2 Å². The SMILES string of the molecule is CC1CN(S(=O)(=O)Nc2ccnc(Cl)c2)CC(C)O1. The molecule has 8 heteroatoms. The molecule has 1 aliphatic rings. The van der Waals surface area contributed by atoms with Gasteiger partial charge < -0.3 is 4.74 Å². The number of pyridine rings is 1. The van der Waals surface area contributed by atoms with Crippen molar-refractivity contribution >= 4 is 27.5 Å². The highest BCUT2D eigenvalue weighted by molar-refractivity contribution is 7.90. The quantitative estimate of drug-likeness (QED) is 0.859. The van der Waals surface area contributed by atoms with Gasteiger partial charge in [0.25, 0.3) is 0 Å². The van der Waals surface area contributed by atoms with Gasteiger partial charge in [0.1, 0.15) is 5.15 Å². The average Bonchev–Trinajstić information content (AvgIpc) is 2.26. The molecule has 0 spiro atoms. The van der Waals surface area contributed by atoms with Gasteiger partial charge in [-0.1, -0.05) is 11.6 Å².